The molecule has 0 radical (unpaired) electrons. The van der Waals surface area contributed by atoms with E-state index in [0.717, 1.165) is 17.8 Å². The summed E-state index contributed by atoms with van der Waals surface area (Å²) in [6, 6.07) is 6.32. The first-order valence-electron chi connectivity index (χ1n) is 13.2. The molecule has 2 fully saturated rings. The van der Waals surface area contributed by atoms with Crippen molar-refractivity contribution in [2.24, 2.45) is 0 Å². The van der Waals surface area contributed by atoms with Gasteiger partial charge in [-0.3, -0.25) is 9.69 Å². The molecule has 0 aliphatic carbocycles. The number of benzene rings is 1. The number of anilines is 2. The van der Waals surface area contributed by atoms with Crippen molar-refractivity contribution in [1.82, 2.24) is 30.0 Å². The van der Waals surface area contributed by atoms with Crippen LogP contribution < -0.4 is 20.7 Å². The molecule has 0 saturated carbocycles. The van der Waals surface area contributed by atoms with Crippen molar-refractivity contribution >= 4 is 38.6 Å². The van der Waals surface area contributed by atoms with Gasteiger partial charge in [-0.05, 0) is 25.2 Å². The van der Waals surface area contributed by atoms with Crippen molar-refractivity contribution in [3.05, 3.63) is 44.8 Å². The van der Waals surface area contributed by atoms with Crippen LogP contribution in [0.4, 0.5) is 24.9 Å². The van der Waals surface area contributed by atoms with Crippen LogP contribution in [0.2, 0.25) is 0 Å². The minimum atomic E-state index is -4.72. The van der Waals surface area contributed by atoms with E-state index in [1.165, 1.54) is 24.4 Å². The third kappa shape index (κ3) is 5.25. The van der Waals surface area contributed by atoms with Crippen molar-refractivity contribution in [3.8, 4) is 11.8 Å². The van der Waals surface area contributed by atoms with Crippen molar-refractivity contribution < 1.29 is 13.2 Å². The van der Waals surface area contributed by atoms with Crippen LogP contribution in [0.15, 0.2) is 33.7 Å². The summed E-state index contributed by atoms with van der Waals surface area (Å²) >= 11 is 2.98. The first-order valence-corrected chi connectivity index (χ1v) is 14.0. The lowest BCUT2D eigenvalue weighted by Crippen LogP contribution is -2.60. The first-order chi connectivity index (χ1) is 19.2. The molecule has 1 unspecified atom stereocenters. The van der Waals surface area contributed by atoms with Gasteiger partial charge in [0, 0.05) is 49.3 Å². The number of hydrogen-bond acceptors (Lipinski definition) is 9. The van der Waals surface area contributed by atoms with Crippen LogP contribution in [0, 0.1) is 11.3 Å². The highest BCUT2D eigenvalue weighted by Gasteiger charge is 2.38. The van der Waals surface area contributed by atoms with Crippen LogP contribution in [0.25, 0.3) is 16.6 Å². The van der Waals surface area contributed by atoms with Gasteiger partial charge in [-0.1, -0.05) is 35.8 Å². The van der Waals surface area contributed by atoms with Crippen LogP contribution in [-0.4, -0.2) is 82.5 Å². The lowest BCUT2D eigenvalue weighted by atomic mass is 10.1. The second-order valence-corrected chi connectivity index (χ2v) is 10.7. The van der Waals surface area contributed by atoms with Gasteiger partial charge in [-0.25, -0.2) is 4.98 Å². The molecule has 10 nitrogen and oxygen atoms in total. The number of fused-ring (bicyclic) bond motifs is 1. The van der Waals surface area contributed by atoms with Gasteiger partial charge < -0.3 is 15.1 Å². The van der Waals surface area contributed by atoms with E-state index in [4.69, 9.17) is 4.98 Å². The van der Waals surface area contributed by atoms with E-state index in [1.807, 2.05) is 9.80 Å². The predicted molar refractivity (Wildman–Crippen MR) is 149 cm³/mol. The maximum Gasteiger partial charge on any atom is 0.419 e. The number of aromatic nitrogens is 4. The number of nitriles is 1. The Labute approximate surface area is 237 Å². The largest absolute Gasteiger partial charge is 0.419 e. The zero-order valence-corrected chi connectivity index (χ0v) is 23.7. The van der Waals surface area contributed by atoms with Crippen LogP contribution >= 0.6 is 15.9 Å². The molecule has 3 aromatic rings. The Morgan fingerprint density at radius 1 is 1.18 bits per heavy atom. The zero-order chi connectivity index (χ0) is 28.6. The SMILES string of the molecule is CCN(CC)C1CN(c2nc(N3CCNC(CC#N)C3)c3cnn(-c4cccc(Br)c4C(F)(F)F)c(=O)c3n2)C1. The minimum Gasteiger partial charge on any atom is -0.353 e. The van der Waals surface area contributed by atoms with Crippen molar-refractivity contribution in [1.29, 1.82) is 5.26 Å². The molecular weight excluding hydrogens is 591 g/mol. The quantitative estimate of drug-likeness (QED) is 0.427. The van der Waals surface area contributed by atoms with E-state index in [9.17, 15) is 23.2 Å². The minimum absolute atomic E-state index is 0.00949. The molecule has 2 saturated heterocycles. The lowest BCUT2D eigenvalue weighted by molar-refractivity contribution is -0.138. The molecule has 212 valence electrons. The second-order valence-electron chi connectivity index (χ2n) is 9.84. The molecule has 1 N–H and O–H groups in total. The Bertz CT molecular complexity index is 1500. The fourth-order valence-electron chi connectivity index (χ4n) is 5.37. The molecule has 5 rings (SSSR count). The number of alkyl halides is 3. The number of nitrogens with zero attached hydrogens (tertiary/aromatic N) is 8. The van der Waals surface area contributed by atoms with E-state index in [-0.39, 0.29) is 16.0 Å². The number of hydrogen-bond donors (Lipinski definition) is 1. The van der Waals surface area contributed by atoms with Gasteiger partial charge in [-0.2, -0.15) is 33.2 Å². The van der Waals surface area contributed by atoms with Crippen molar-refractivity contribution in [2.75, 3.05) is 55.6 Å². The number of nitrogens with one attached hydrogen (secondary N) is 1. The molecule has 0 spiro atoms. The van der Waals surface area contributed by atoms with Crippen molar-refractivity contribution in [3.63, 3.8) is 0 Å². The van der Waals surface area contributed by atoms with Crippen LogP contribution in [0.1, 0.15) is 25.8 Å². The van der Waals surface area contributed by atoms with Gasteiger partial charge >= 0.3 is 6.18 Å². The third-order valence-corrected chi connectivity index (χ3v) is 8.14. The van der Waals surface area contributed by atoms with Gasteiger partial charge in [0.25, 0.3) is 5.56 Å². The number of halogens is 4. The Balaban J connectivity index is 1.64. The Hall–Kier alpha value is -3.28. The molecule has 0 amide bonds. The highest BCUT2D eigenvalue weighted by Crippen LogP contribution is 2.38. The summed E-state index contributed by atoms with van der Waals surface area (Å²) in [7, 11) is 0. The molecule has 4 heterocycles. The Morgan fingerprint density at radius 2 is 1.93 bits per heavy atom. The summed E-state index contributed by atoms with van der Waals surface area (Å²) in [5, 5.41) is 17.0. The fraction of sp³-hybridized carbons (Fsp3) is 0.500. The zero-order valence-electron chi connectivity index (χ0n) is 22.1. The topological polar surface area (TPSA) is 106 Å². The average Bonchev–Trinajstić information content (AvgIpc) is 2.90. The van der Waals surface area contributed by atoms with Gasteiger partial charge in [0.2, 0.25) is 5.95 Å². The molecule has 1 atom stereocenters. The molecule has 40 heavy (non-hydrogen) atoms. The van der Waals surface area contributed by atoms with E-state index in [2.05, 4.69) is 56.1 Å². The van der Waals surface area contributed by atoms with Gasteiger partial charge in [0.1, 0.15) is 11.3 Å². The average molecular weight is 620 g/mol. The Kier molecular flexibility index (Phi) is 7.98. The predicted octanol–water partition coefficient (Wildman–Crippen LogP) is 3.18. The fourth-order valence-corrected chi connectivity index (χ4v) is 5.96. The summed E-state index contributed by atoms with van der Waals surface area (Å²) < 4.78 is 42.5. The highest BCUT2D eigenvalue weighted by atomic mass is 79.9. The first kappa shape index (κ1) is 28.3. The molecule has 1 aromatic carbocycles. The summed E-state index contributed by atoms with van der Waals surface area (Å²) in [6.07, 6.45) is -3.06. The third-order valence-electron chi connectivity index (χ3n) is 7.48. The molecule has 2 aromatic heterocycles. The van der Waals surface area contributed by atoms with Crippen LogP contribution in [0.5, 0.6) is 0 Å². The normalized spacial score (nSPS) is 18.3. The number of piperazine rings is 1. The lowest BCUT2D eigenvalue weighted by Gasteiger charge is -2.45. The van der Waals surface area contributed by atoms with E-state index >= 15 is 0 Å². The van der Waals surface area contributed by atoms with E-state index in [0.29, 0.717) is 62.3 Å². The smallest absolute Gasteiger partial charge is 0.353 e. The van der Waals surface area contributed by atoms with Crippen molar-refractivity contribution in [2.45, 2.75) is 38.5 Å². The molecule has 14 heteroatoms. The summed E-state index contributed by atoms with van der Waals surface area (Å²) in [4.78, 5) is 29.5. The standard InChI is InChI=1S/C26H29BrF3N9O/c1-3-36(4-2)17-14-38(15-17)25-34-22-18(23(35-25)37-11-10-32-16(13-37)8-9-31)12-33-39(24(22)40)20-7-5-6-19(27)21(20)26(28,29)30/h5-7,12,16-17,32H,3-4,8,10-11,13-15H2,1-2H3. The summed E-state index contributed by atoms with van der Waals surface area (Å²) in [6.45, 7) is 9.03. The molecule has 0 bridgehead atoms. The second kappa shape index (κ2) is 11.3. The summed E-state index contributed by atoms with van der Waals surface area (Å²) in [5.41, 5.74) is -2.16. The van der Waals surface area contributed by atoms with Gasteiger partial charge in [-0.15, -0.1) is 0 Å². The number of rotatable bonds is 7. The van der Waals surface area contributed by atoms with Crippen LogP contribution in [-0.2, 0) is 6.18 Å². The maximum absolute atomic E-state index is 14.0. The van der Waals surface area contributed by atoms with E-state index < -0.39 is 23.0 Å². The summed E-state index contributed by atoms with van der Waals surface area (Å²) in [5.74, 6) is 0.833. The van der Waals surface area contributed by atoms with Gasteiger partial charge in [0.05, 0.1) is 35.3 Å². The Morgan fingerprint density at radius 3 is 2.60 bits per heavy atom. The monoisotopic (exact) mass is 619 g/mol. The highest BCUT2D eigenvalue weighted by molar-refractivity contribution is 9.10. The molecule has 2 aliphatic heterocycles. The maximum atomic E-state index is 14.0. The van der Waals surface area contributed by atoms with Crippen LogP contribution in [0.3, 0.4) is 0 Å². The molecule has 2 aliphatic rings. The number of likely N-dealkylation sites (N-methyl/N-ethyl adjacent to an activating group) is 1. The molecular formula is C26H29BrF3N9O. The van der Waals surface area contributed by atoms with Gasteiger partial charge in [0.15, 0.2) is 0 Å². The van der Waals surface area contributed by atoms with E-state index in [1.54, 1.807) is 0 Å².